The maximum absolute atomic E-state index is 12.1. The minimum Gasteiger partial charge on any atom is -0.328 e. The molecule has 0 atom stereocenters. The Morgan fingerprint density at radius 1 is 1.08 bits per heavy atom. The Bertz CT molecular complexity index is 917. The molecule has 5 nitrogen and oxygen atoms in total. The summed E-state index contributed by atoms with van der Waals surface area (Å²) in [6.07, 6.45) is 4.12. The number of nitrogens with zero attached hydrogens (tertiary/aromatic N) is 2. The molecule has 0 radical (unpaired) electrons. The van der Waals surface area contributed by atoms with Gasteiger partial charge in [-0.15, -0.1) is 0 Å². The molecule has 2 amide bonds. The fraction of sp³-hybridized carbons (Fsp3) is 0.158. The van der Waals surface area contributed by atoms with Gasteiger partial charge in [0.1, 0.15) is 5.82 Å². The van der Waals surface area contributed by atoms with Crippen molar-refractivity contribution < 1.29 is 4.79 Å². The third kappa shape index (κ3) is 3.37. The highest BCUT2D eigenvalue weighted by Crippen LogP contribution is 2.26. The number of anilines is 2. The molecule has 3 aromatic rings. The minimum absolute atomic E-state index is 0.305. The number of benzene rings is 2. The Hall–Kier alpha value is -2.79. The molecule has 2 heterocycles. The number of nitrogens with one attached hydrogen (secondary N) is 2. The van der Waals surface area contributed by atoms with Gasteiger partial charge < -0.3 is 15.2 Å². The van der Waals surface area contributed by atoms with Gasteiger partial charge in [0.25, 0.3) is 0 Å². The van der Waals surface area contributed by atoms with Crippen molar-refractivity contribution in [2.75, 3.05) is 10.6 Å². The van der Waals surface area contributed by atoms with Gasteiger partial charge in [0.2, 0.25) is 0 Å². The molecule has 2 N–H and O–H groups in total. The predicted molar refractivity (Wildman–Crippen MR) is 100 cm³/mol. The zero-order valence-corrected chi connectivity index (χ0v) is 14.3. The molecule has 0 saturated carbocycles. The Kier molecular flexibility index (Phi) is 4.15. The summed E-state index contributed by atoms with van der Waals surface area (Å²) in [5, 5.41) is 6.16. The summed E-state index contributed by atoms with van der Waals surface area (Å²) in [6.45, 7) is 1.02. The molecule has 126 valence electrons. The van der Waals surface area contributed by atoms with E-state index in [2.05, 4.69) is 20.2 Å². The molecule has 0 bridgehead atoms. The van der Waals surface area contributed by atoms with Crippen molar-refractivity contribution in [3.8, 4) is 11.3 Å². The number of imidazole rings is 1. The molecule has 0 spiro atoms. The number of hydrogen-bond donors (Lipinski definition) is 2. The van der Waals surface area contributed by atoms with E-state index in [1.54, 1.807) is 24.3 Å². The van der Waals surface area contributed by atoms with Gasteiger partial charge in [0, 0.05) is 29.4 Å². The average molecular weight is 353 g/mol. The summed E-state index contributed by atoms with van der Waals surface area (Å²) in [6, 6.07) is 14.5. The largest absolute Gasteiger partial charge is 0.328 e. The molecular formula is C19H17ClN4O. The van der Waals surface area contributed by atoms with Crippen LogP contribution in [0.25, 0.3) is 11.3 Å². The normalized spacial score (nSPS) is 12.7. The number of carbonyl (C=O) groups is 1. The Morgan fingerprint density at radius 2 is 1.88 bits per heavy atom. The lowest BCUT2D eigenvalue weighted by atomic mass is 10.1. The van der Waals surface area contributed by atoms with Crippen LogP contribution in [0.2, 0.25) is 5.02 Å². The van der Waals surface area contributed by atoms with Crippen LogP contribution in [-0.4, -0.2) is 15.6 Å². The number of halogens is 1. The Morgan fingerprint density at radius 3 is 2.68 bits per heavy atom. The summed E-state index contributed by atoms with van der Waals surface area (Å²) in [4.78, 5) is 16.6. The van der Waals surface area contributed by atoms with Crippen LogP contribution < -0.4 is 10.6 Å². The molecule has 0 aliphatic carbocycles. The molecule has 0 unspecified atom stereocenters. The summed E-state index contributed by atoms with van der Waals surface area (Å²) < 4.78 is 2.26. The molecule has 2 aromatic carbocycles. The van der Waals surface area contributed by atoms with Gasteiger partial charge in [-0.1, -0.05) is 29.8 Å². The van der Waals surface area contributed by atoms with Gasteiger partial charge in [-0.3, -0.25) is 0 Å². The highest BCUT2D eigenvalue weighted by molar-refractivity contribution is 6.30. The monoisotopic (exact) mass is 352 g/mol. The number of urea groups is 1. The van der Waals surface area contributed by atoms with Crippen LogP contribution >= 0.6 is 11.6 Å². The lowest BCUT2D eigenvalue weighted by molar-refractivity contribution is 0.262. The molecule has 1 aliphatic rings. The van der Waals surface area contributed by atoms with Crippen molar-refractivity contribution in [3.05, 3.63) is 65.6 Å². The van der Waals surface area contributed by atoms with Gasteiger partial charge in [-0.2, -0.15) is 0 Å². The highest BCUT2D eigenvalue weighted by atomic mass is 35.5. The van der Waals surface area contributed by atoms with Crippen molar-refractivity contribution >= 4 is 29.0 Å². The number of hydrogen-bond acceptors (Lipinski definition) is 2. The second kappa shape index (κ2) is 6.61. The minimum atomic E-state index is -0.305. The zero-order chi connectivity index (χ0) is 17.2. The SMILES string of the molecule is O=C(Nc1ccc(-c2cnc3n2CCC3)cc1)Nc1cccc(Cl)c1. The van der Waals surface area contributed by atoms with E-state index in [0.29, 0.717) is 10.7 Å². The van der Waals surface area contributed by atoms with Crippen LogP contribution in [0, 0.1) is 0 Å². The number of fused-ring (bicyclic) bond motifs is 1. The molecule has 1 aromatic heterocycles. The van der Waals surface area contributed by atoms with Crippen LogP contribution in [-0.2, 0) is 13.0 Å². The van der Waals surface area contributed by atoms with E-state index in [9.17, 15) is 4.79 Å². The van der Waals surface area contributed by atoms with Crippen molar-refractivity contribution in [2.24, 2.45) is 0 Å². The maximum Gasteiger partial charge on any atom is 0.323 e. The summed E-state index contributed by atoms with van der Waals surface area (Å²) >= 11 is 5.92. The number of rotatable bonds is 3. The standard InChI is InChI=1S/C19H17ClN4O/c20-14-3-1-4-16(11-14)23-19(25)22-15-8-6-13(7-9-15)17-12-21-18-5-2-10-24(17)18/h1,3-4,6-9,11-12H,2,5,10H2,(H2,22,23,25). The predicted octanol–water partition coefficient (Wildman–Crippen LogP) is 4.79. The first kappa shape index (κ1) is 15.7. The zero-order valence-electron chi connectivity index (χ0n) is 13.5. The van der Waals surface area contributed by atoms with Gasteiger partial charge in [0.15, 0.2) is 0 Å². The first-order chi connectivity index (χ1) is 12.2. The van der Waals surface area contributed by atoms with E-state index in [4.69, 9.17) is 11.6 Å². The first-order valence-electron chi connectivity index (χ1n) is 8.17. The van der Waals surface area contributed by atoms with Crippen molar-refractivity contribution in [3.63, 3.8) is 0 Å². The molecule has 0 saturated heterocycles. The van der Waals surface area contributed by atoms with E-state index in [1.165, 1.54) is 0 Å². The first-order valence-corrected chi connectivity index (χ1v) is 8.55. The second-order valence-corrected chi connectivity index (χ2v) is 6.42. The molecule has 0 fully saturated rings. The third-order valence-corrected chi connectivity index (χ3v) is 4.48. The van der Waals surface area contributed by atoms with E-state index >= 15 is 0 Å². The molecule has 25 heavy (non-hydrogen) atoms. The summed E-state index contributed by atoms with van der Waals surface area (Å²) in [5.74, 6) is 1.15. The Labute approximate surface area is 150 Å². The molecule has 1 aliphatic heterocycles. The van der Waals surface area contributed by atoms with E-state index < -0.39 is 0 Å². The van der Waals surface area contributed by atoms with Gasteiger partial charge in [-0.05, 0) is 42.3 Å². The van der Waals surface area contributed by atoms with Crippen LogP contribution in [0.5, 0.6) is 0 Å². The third-order valence-electron chi connectivity index (χ3n) is 4.24. The Balaban J connectivity index is 1.44. The number of aromatic nitrogens is 2. The maximum atomic E-state index is 12.1. The fourth-order valence-electron chi connectivity index (χ4n) is 3.07. The van der Waals surface area contributed by atoms with Crippen LogP contribution in [0.15, 0.2) is 54.7 Å². The van der Waals surface area contributed by atoms with Crippen LogP contribution in [0.4, 0.5) is 16.2 Å². The molecule has 6 heteroatoms. The topological polar surface area (TPSA) is 59.0 Å². The van der Waals surface area contributed by atoms with E-state index in [-0.39, 0.29) is 6.03 Å². The van der Waals surface area contributed by atoms with Crippen LogP contribution in [0.3, 0.4) is 0 Å². The highest BCUT2D eigenvalue weighted by Gasteiger charge is 2.16. The fourth-order valence-corrected chi connectivity index (χ4v) is 3.26. The van der Waals surface area contributed by atoms with E-state index in [0.717, 1.165) is 42.2 Å². The second-order valence-electron chi connectivity index (χ2n) is 5.98. The van der Waals surface area contributed by atoms with Crippen LogP contribution in [0.1, 0.15) is 12.2 Å². The number of carbonyl (C=O) groups excluding carboxylic acids is 1. The van der Waals surface area contributed by atoms with E-state index in [1.807, 2.05) is 30.5 Å². The molecular weight excluding hydrogens is 336 g/mol. The molecule has 4 rings (SSSR count). The summed E-state index contributed by atoms with van der Waals surface area (Å²) in [7, 11) is 0. The van der Waals surface area contributed by atoms with Crippen molar-refractivity contribution in [2.45, 2.75) is 19.4 Å². The quantitative estimate of drug-likeness (QED) is 0.711. The average Bonchev–Trinajstić information content (AvgIpc) is 3.19. The summed E-state index contributed by atoms with van der Waals surface area (Å²) in [5.41, 5.74) is 3.60. The smallest absolute Gasteiger partial charge is 0.323 e. The number of amides is 2. The lowest BCUT2D eigenvalue weighted by Crippen LogP contribution is -2.19. The van der Waals surface area contributed by atoms with Crippen molar-refractivity contribution in [1.82, 2.24) is 9.55 Å². The van der Waals surface area contributed by atoms with Crippen molar-refractivity contribution in [1.29, 1.82) is 0 Å². The lowest BCUT2D eigenvalue weighted by Gasteiger charge is -2.09. The number of aryl methyl sites for hydroxylation is 1. The van der Waals surface area contributed by atoms with Gasteiger partial charge in [-0.25, -0.2) is 9.78 Å². The van der Waals surface area contributed by atoms with Gasteiger partial charge in [0.05, 0.1) is 11.9 Å². The van der Waals surface area contributed by atoms with Gasteiger partial charge >= 0.3 is 6.03 Å².